The van der Waals surface area contributed by atoms with Crippen molar-refractivity contribution in [2.75, 3.05) is 26.3 Å². The Kier molecular flexibility index (Phi) is 5.34. The number of benzene rings is 1. The topological polar surface area (TPSA) is 49.4 Å². The molecule has 0 amide bonds. The molecule has 6 heteroatoms. The monoisotopic (exact) mass is 455 g/mol. The van der Waals surface area contributed by atoms with Gasteiger partial charge < -0.3 is 4.74 Å². The van der Waals surface area contributed by atoms with Gasteiger partial charge in [0.05, 0.1) is 13.2 Å². The molecular weight excluding hydrogens is 418 g/mol. The highest BCUT2D eigenvalue weighted by molar-refractivity contribution is 5.26. The van der Waals surface area contributed by atoms with Crippen LogP contribution in [0.5, 0.6) is 0 Å². The van der Waals surface area contributed by atoms with Gasteiger partial charge in [-0.1, -0.05) is 24.3 Å². The van der Waals surface area contributed by atoms with E-state index in [1.54, 1.807) is 0 Å². The van der Waals surface area contributed by atoms with Gasteiger partial charge in [0.2, 0.25) is 11.6 Å². The van der Waals surface area contributed by atoms with Crippen molar-refractivity contribution in [1.82, 2.24) is 4.90 Å². The molecule has 6 nitrogen and oxygen atoms in total. The van der Waals surface area contributed by atoms with E-state index in [-0.39, 0.29) is 0 Å². The standard InChI is InChI=1S/C27H37NO5/c1-2-23(22-5-3-19(4-6-22)18-28-8-10-29-11-9-28)17-26(7-1)30-32-27(33-31-26)24-13-20-12-21(15-24)16-25(27)14-20/h3-6,20-21,23-25H,1-2,7-18H2. The maximum absolute atomic E-state index is 6.26. The van der Waals surface area contributed by atoms with Crippen LogP contribution in [0.25, 0.3) is 0 Å². The van der Waals surface area contributed by atoms with Crippen molar-refractivity contribution >= 4 is 0 Å². The predicted molar refractivity (Wildman–Crippen MR) is 121 cm³/mol. The average molecular weight is 456 g/mol. The van der Waals surface area contributed by atoms with Crippen LogP contribution < -0.4 is 0 Å². The van der Waals surface area contributed by atoms with E-state index in [1.807, 2.05) is 0 Å². The van der Waals surface area contributed by atoms with E-state index in [0.29, 0.717) is 17.8 Å². The maximum Gasteiger partial charge on any atom is 0.239 e. The fraction of sp³-hybridized carbons (Fsp3) is 0.778. The molecule has 2 saturated heterocycles. The van der Waals surface area contributed by atoms with Crippen LogP contribution in [0.1, 0.15) is 74.8 Å². The van der Waals surface area contributed by atoms with Gasteiger partial charge in [0, 0.05) is 44.3 Å². The average Bonchev–Trinajstić information content (AvgIpc) is 2.85. The molecule has 5 saturated carbocycles. The first kappa shape index (κ1) is 21.3. The van der Waals surface area contributed by atoms with E-state index in [0.717, 1.165) is 70.4 Å². The zero-order chi connectivity index (χ0) is 21.9. The molecule has 2 heterocycles. The third-order valence-corrected chi connectivity index (χ3v) is 9.55. The summed E-state index contributed by atoms with van der Waals surface area (Å²) in [6.07, 6.45) is 10.0. The Labute approximate surface area is 196 Å². The van der Waals surface area contributed by atoms with Crippen LogP contribution in [0.4, 0.5) is 0 Å². The van der Waals surface area contributed by atoms with Crippen molar-refractivity contribution in [3.05, 3.63) is 35.4 Å². The highest BCUT2D eigenvalue weighted by Gasteiger charge is 2.64. The summed E-state index contributed by atoms with van der Waals surface area (Å²) in [5.41, 5.74) is 2.73. The minimum Gasteiger partial charge on any atom is -0.379 e. The zero-order valence-electron chi connectivity index (χ0n) is 19.6. The largest absolute Gasteiger partial charge is 0.379 e. The lowest BCUT2D eigenvalue weighted by Crippen LogP contribution is -2.64. The van der Waals surface area contributed by atoms with Gasteiger partial charge >= 0.3 is 0 Å². The molecule has 4 bridgehead atoms. The minimum absolute atomic E-state index is 0.399. The van der Waals surface area contributed by atoms with Gasteiger partial charge in [-0.15, -0.1) is 0 Å². The Morgan fingerprint density at radius 1 is 0.818 bits per heavy atom. The van der Waals surface area contributed by atoms with E-state index in [1.165, 1.54) is 43.2 Å². The van der Waals surface area contributed by atoms with Crippen LogP contribution in [0.15, 0.2) is 24.3 Å². The van der Waals surface area contributed by atoms with Gasteiger partial charge in [0.15, 0.2) is 0 Å². The van der Waals surface area contributed by atoms with Crippen LogP contribution in [0, 0.1) is 23.7 Å². The number of hydrogen-bond donors (Lipinski definition) is 0. The van der Waals surface area contributed by atoms with Crippen molar-refractivity contribution in [2.24, 2.45) is 23.7 Å². The second-order valence-corrected chi connectivity index (χ2v) is 11.7. The molecule has 7 aliphatic rings. The van der Waals surface area contributed by atoms with E-state index >= 15 is 0 Å². The molecule has 0 N–H and O–H groups in total. The summed E-state index contributed by atoms with van der Waals surface area (Å²) in [5, 5.41) is 0. The summed E-state index contributed by atoms with van der Waals surface area (Å²) in [7, 11) is 0. The fourth-order valence-electron chi connectivity index (χ4n) is 7.97. The zero-order valence-corrected chi connectivity index (χ0v) is 19.6. The SMILES string of the molecule is c1cc(C2CCCC3(C2)OOC2(OO3)C3CC4CC(C3)CC2C4)ccc1CN1CCOCC1. The van der Waals surface area contributed by atoms with Gasteiger partial charge in [-0.3, -0.25) is 4.90 Å². The van der Waals surface area contributed by atoms with Crippen molar-refractivity contribution < 1.29 is 24.3 Å². The van der Waals surface area contributed by atoms with Crippen LogP contribution in [0.3, 0.4) is 0 Å². The van der Waals surface area contributed by atoms with Crippen LogP contribution >= 0.6 is 0 Å². The maximum atomic E-state index is 6.26. The van der Waals surface area contributed by atoms with Crippen molar-refractivity contribution in [3.63, 3.8) is 0 Å². The first-order valence-corrected chi connectivity index (χ1v) is 13.3. The van der Waals surface area contributed by atoms with Gasteiger partial charge in [0.25, 0.3) is 0 Å². The summed E-state index contributed by atoms with van der Waals surface area (Å²) in [5.74, 6) is 1.52. The molecule has 5 aliphatic carbocycles. The normalized spacial score (nSPS) is 45.2. The van der Waals surface area contributed by atoms with E-state index in [4.69, 9.17) is 24.3 Å². The molecule has 1 unspecified atom stereocenters. The molecule has 1 aromatic rings. The number of morpholine rings is 1. The number of hydrogen-bond acceptors (Lipinski definition) is 6. The first-order chi connectivity index (χ1) is 16.2. The summed E-state index contributed by atoms with van der Waals surface area (Å²) in [6, 6.07) is 9.16. The number of ether oxygens (including phenoxy) is 1. The van der Waals surface area contributed by atoms with Crippen LogP contribution in [0.2, 0.25) is 0 Å². The van der Waals surface area contributed by atoms with E-state index in [2.05, 4.69) is 29.2 Å². The van der Waals surface area contributed by atoms with E-state index in [9.17, 15) is 0 Å². The summed E-state index contributed by atoms with van der Waals surface area (Å²) >= 11 is 0. The lowest BCUT2D eigenvalue weighted by molar-refractivity contribution is -0.680. The summed E-state index contributed by atoms with van der Waals surface area (Å²) < 4.78 is 5.47. The molecule has 1 aromatic carbocycles. The molecule has 33 heavy (non-hydrogen) atoms. The molecule has 0 radical (unpaired) electrons. The van der Waals surface area contributed by atoms with Gasteiger partial charge in [-0.2, -0.15) is 19.6 Å². The third-order valence-electron chi connectivity index (χ3n) is 9.55. The highest BCUT2D eigenvalue weighted by Crippen LogP contribution is 2.62. The van der Waals surface area contributed by atoms with Crippen LogP contribution in [-0.2, 0) is 30.8 Å². The quantitative estimate of drug-likeness (QED) is 0.602. The van der Waals surface area contributed by atoms with E-state index < -0.39 is 11.6 Å². The molecule has 8 rings (SSSR count). The predicted octanol–water partition coefficient (Wildman–Crippen LogP) is 4.94. The van der Waals surface area contributed by atoms with Crippen molar-refractivity contribution in [3.8, 4) is 0 Å². The van der Waals surface area contributed by atoms with Gasteiger partial charge in [0.1, 0.15) is 0 Å². The summed E-state index contributed by atoms with van der Waals surface area (Å²) in [4.78, 5) is 27.4. The Morgan fingerprint density at radius 2 is 1.48 bits per heavy atom. The molecule has 0 aromatic heterocycles. The lowest BCUT2D eigenvalue weighted by atomic mass is 9.53. The lowest BCUT2D eigenvalue weighted by Gasteiger charge is -2.60. The Hall–Kier alpha value is -1.02. The second-order valence-electron chi connectivity index (χ2n) is 11.7. The van der Waals surface area contributed by atoms with Crippen LogP contribution in [-0.4, -0.2) is 42.8 Å². The van der Waals surface area contributed by atoms with Crippen molar-refractivity contribution in [1.29, 1.82) is 0 Å². The fourth-order valence-corrected chi connectivity index (χ4v) is 7.97. The number of rotatable bonds is 3. The minimum atomic E-state index is -0.769. The Bertz CT molecular complexity index is 813. The molecule has 180 valence electrons. The second kappa shape index (κ2) is 8.28. The number of nitrogens with zero attached hydrogens (tertiary/aromatic N) is 1. The molecule has 1 atom stereocenters. The summed E-state index contributed by atoms with van der Waals surface area (Å²) in [6.45, 7) is 4.73. The molecule has 2 aliphatic heterocycles. The highest BCUT2D eigenvalue weighted by atomic mass is 17.4. The van der Waals surface area contributed by atoms with Gasteiger partial charge in [-0.05, 0) is 73.8 Å². The third kappa shape index (κ3) is 3.78. The molecule has 2 spiro atoms. The molecular formula is C27H37NO5. The Morgan fingerprint density at radius 3 is 2.15 bits per heavy atom. The Balaban J connectivity index is 1.01. The smallest absolute Gasteiger partial charge is 0.239 e. The molecule has 7 fully saturated rings. The van der Waals surface area contributed by atoms with Crippen molar-refractivity contribution in [2.45, 2.75) is 81.8 Å². The first-order valence-electron chi connectivity index (χ1n) is 13.3. The van der Waals surface area contributed by atoms with Gasteiger partial charge in [-0.25, -0.2) is 0 Å².